The van der Waals surface area contributed by atoms with Crippen molar-refractivity contribution in [2.45, 2.75) is 19.4 Å². The zero-order valence-corrected chi connectivity index (χ0v) is 15.3. The second-order valence-electron chi connectivity index (χ2n) is 5.69. The Hall–Kier alpha value is -2.93. The van der Waals surface area contributed by atoms with Gasteiger partial charge in [-0.15, -0.1) is 0 Å². The van der Waals surface area contributed by atoms with E-state index >= 15 is 0 Å². The number of carbonyl (C=O) groups excluding carboxylic acids is 3. The number of ether oxygens (including phenoxy) is 1. The van der Waals surface area contributed by atoms with Crippen molar-refractivity contribution >= 4 is 35.1 Å². The molecule has 0 aliphatic rings. The monoisotopic (exact) mass is 392 g/mol. The van der Waals surface area contributed by atoms with Crippen LogP contribution in [0.3, 0.4) is 0 Å². The van der Waals surface area contributed by atoms with E-state index < -0.39 is 23.8 Å². The van der Waals surface area contributed by atoms with Gasteiger partial charge in [0.25, 0.3) is 5.91 Å². The zero-order valence-electron chi connectivity index (χ0n) is 14.5. The molecule has 0 aromatic heterocycles. The molecule has 27 heavy (non-hydrogen) atoms. The molecule has 1 atom stereocenters. The minimum absolute atomic E-state index is 0.134. The van der Waals surface area contributed by atoms with Crippen LogP contribution in [0.4, 0.5) is 10.1 Å². The van der Waals surface area contributed by atoms with Crippen molar-refractivity contribution in [3.05, 3.63) is 64.9 Å². The molecule has 0 unspecified atom stereocenters. The van der Waals surface area contributed by atoms with Crippen LogP contribution in [-0.4, -0.2) is 30.4 Å². The first-order chi connectivity index (χ1) is 12.8. The van der Waals surface area contributed by atoms with Gasteiger partial charge in [-0.05, 0) is 30.7 Å². The van der Waals surface area contributed by atoms with Crippen LogP contribution in [-0.2, 0) is 25.5 Å². The SMILES string of the molecule is C[C@H](OC(=O)CNC(=O)Cc1ccccc1)C(=O)Nc1ccc(F)c(Cl)c1. The predicted octanol–water partition coefficient (Wildman–Crippen LogP) is 2.71. The molecule has 2 aromatic rings. The number of hydrogen-bond donors (Lipinski definition) is 2. The van der Waals surface area contributed by atoms with Crippen molar-refractivity contribution in [2.24, 2.45) is 0 Å². The number of esters is 1. The summed E-state index contributed by atoms with van der Waals surface area (Å²) in [6.07, 6.45) is -0.970. The van der Waals surface area contributed by atoms with E-state index in [0.717, 1.165) is 11.6 Å². The van der Waals surface area contributed by atoms with Crippen molar-refractivity contribution in [3.8, 4) is 0 Å². The molecule has 142 valence electrons. The summed E-state index contributed by atoms with van der Waals surface area (Å²) in [6, 6.07) is 12.7. The fourth-order valence-electron chi connectivity index (χ4n) is 2.12. The Morgan fingerprint density at radius 2 is 1.85 bits per heavy atom. The molecule has 0 aliphatic carbocycles. The van der Waals surface area contributed by atoms with Gasteiger partial charge in [0.2, 0.25) is 5.91 Å². The first kappa shape index (κ1) is 20.4. The summed E-state index contributed by atoms with van der Waals surface area (Å²) in [5.41, 5.74) is 1.08. The Kier molecular flexibility index (Phi) is 7.31. The van der Waals surface area contributed by atoms with Crippen LogP contribution in [0.25, 0.3) is 0 Å². The van der Waals surface area contributed by atoms with Crippen LogP contribution in [0.5, 0.6) is 0 Å². The lowest BCUT2D eigenvalue weighted by molar-refractivity contribution is -0.152. The second-order valence-corrected chi connectivity index (χ2v) is 6.10. The first-order valence-corrected chi connectivity index (χ1v) is 8.49. The van der Waals surface area contributed by atoms with Crippen molar-refractivity contribution in [1.29, 1.82) is 0 Å². The van der Waals surface area contributed by atoms with Gasteiger partial charge in [-0.3, -0.25) is 14.4 Å². The molecule has 0 saturated heterocycles. The van der Waals surface area contributed by atoms with E-state index in [1.54, 1.807) is 12.1 Å². The highest BCUT2D eigenvalue weighted by Gasteiger charge is 2.18. The molecule has 2 N–H and O–H groups in total. The minimum Gasteiger partial charge on any atom is -0.451 e. The summed E-state index contributed by atoms with van der Waals surface area (Å²) in [7, 11) is 0. The lowest BCUT2D eigenvalue weighted by Crippen LogP contribution is -2.36. The zero-order chi connectivity index (χ0) is 19.8. The van der Waals surface area contributed by atoms with Gasteiger partial charge >= 0.3 is 5.97 Å². The Labute approximate surface area is 160 Å². The number of nitrogens with one attached hydrogen (secondary N) is 2. The number of amides is 2. The van der Waals surface area contributed by atoms with E-state index in [4.69, 9.17) is 16.3 Å². The normalized spacial score (nSPS) is 11.4. The van der Waals surface area contributed by atoms with Gasteiger partial charge in [-0.1, -0.05) is 41.9 Å². The Bertz CT molecular complexity index is 830. The van der Waals surface area contributed by atoms with Crippen LogP contribution < -0.4 is 10.6 Å². The van der Waals surface area contributed by atoms with Crippen LogP contribution in [0.15, 0.2) is 48.5 Å². The Morgan fingerprint density at radius 3 is 2.52 bits per heavy atom. The third kappa shape index (κ3) is 6.71. The summed E-state index contributed by atoms with van der Waals surface area (Å²) in [5.74, 6) is -2.31. The third-order valence-electron chi connectivity index (χ3n) is 3.50. The molecule has 2 amide bonds. The maximum atomic E-state index is 13.1. The van der Waals surface area contributed by atoms with Crippen LogP contribution in [0, 0.1) is 5.82 Å². The van der Waals surface area contributed by atoms with Gasteiger partial charge in [0.1, 0.15) is 12.4 Å². The first-order valence-electron chi connectivity index (χ1n) is 8.11. The van der Waals surface area contributed by atoms with E-state index in [0.29, 0.717) is 0 Å². The minimum atomic E-state index is -1.10. The number of halogens is 2. The van der Waals surface area contributed by atoms with Crippen LogP contribution in [0.1, 0.15) is 12.5 Å². The molecule has 0 radical (unpaired) electrons. The number of benzene rings is 2. The molecule has 8 heteroatoms. The fraction of sp³-hybridized carbons (Fsp3) is 0.211. The number of rotatable bonds is 7. The molecule has 0 heterocycles. The highest BCUT2D eigenvalue weighted by Crippen LogP contribution is 2.19. The molecular weight excluding hydrogens is 375 g/mol. The summed E-state index contributed by atoms with van der Waals surface area (Å²) < 4.78 is 18.1. The molecule has 2 rings (SSSR count). The maximum absolute atomic E-state index is 13.1. The van der Waals surface area contributed by atoms with Gasteiger partial charge in [-0.2, -0.15) is 0 Å². The molecule has 6 nitrogen and oxygen atoms in total. The van der Waals surface area contributed by atoms with Crippen LogP contribution in [0.2, 0.25) is 5.02 Å². The number of anilines is 1. The fourth-order valence-corrected chi connectivity index (χ4v) is 2.31. The van der Waals surface area contributed by atoms with Gasteiger partial charge in [-0.25, -0.2) is 4.39 Å². The van der Waals surface area contributed by atoms with Crippen molar-refractivity contribution in [3.63, 3.8) is 0 Å². The predicted molar refractivity (Wildman–Crippen MR) is 98.7 cm³/mol. The maximum Gasteiger partial charge on any atom is 0.326 e. The topological polar surface area (TPSA) is 84.5 Å². The van der Waals surface area contributed by atoms with Gasteiger partial charge in [0.15, 0.2) is 6.10 Å². The third-order valence-corrected chi connectivity index (χ3v) is 3.79. The highest BCUT2D eigenvalue weighted by atomic mass is 35.5. The Balaban J connectivity index is 1.76. The summed E-state index contributed by atoms with van der Waals surface area (Å²) in [4.78, 5) is 35.6. The largest absolute Gasteiger partial charge is 0.451 e. The standard InChI is InChI=1S/C19H18ClFN2O4/c1-12(19(26)23-14-7-8-16(21)15(20)10-14)27-18(25)11-22-17(24)9-13-5-3-2-4-6-13/h2-8,10,12H,9,11H2,1H3,(H,22,24)(H,23,26)/t12-/m0/s1. The molecule has 0 saturated carbocycles. The van der Waals surface area contributed by atoms with E-state index in [1.165, 1.54) is 19.1 Å². The smallest absolute Gasteiger partial charge is 0.326 e. The molecule has 0 bridgehead atoms. The highest BCUT2D eigenvalue weighted by molar-refractivity contribution is 6.31. The van der Waals surface area contributed by atoms with Crippen molar-refractivity contribution in [2.75, 3.05) is 11.9 Å². The number of carbonyl (C=O) groups is 3. The molecule has 2 aromatic carbocycles. The van der Waals surface area contributed by atoms with Gasteiger partial charge in [0.05, 0.1) is 11.4 Å². The number of hydrogen-bond acceptors (Lipinski definition) is 4. The van der Waals surface area contributed by atoms with E-state index in [1.807, 2.05) is 18.2 Å². The quantitative estimate of drug-likeness (QED) is 0.709. The average Bonchev–Trinajstić information content (AvgIpc) is 2.64. The molecular formula is C19H18ClFN2O4. The summed E-state index contributed by atoms with van der Waals surface area (Å²) in [5, 5.41) is 4.75. The summed E-state index contributed by atoms with van der Waals surface area (Å²) in [6.45, 7) is 1.02. The Morgan fingerprint density at radius 1 is 1.15 bits per heavy atom. The van der Waals surface area contributed by atoms with E-state index in [9.17, 15) is 18.8 Å². The molecule has 0 spiro atoms. The summed E-state index contributed by atoms with van der Waals surface area (Å²) >= 11 is 5.64. The average molecular weight is 393 g/mol. The molecule has 0 aliphatic heterocycles. The second kappa shape index (κ2) is 9.68. The lowest BCUT2D eigenvalue weighted by atomic mass is 10.1. The van der Waals surface area contributed by atoms with E-state index in [2.05, 4.69) is 10.6 Å². The molecule has 0 fully saturated rings. The lowest BCUT2D eigenvalue weighted by Gasteiger charge is -2.14. The van der Waals surface area contributed by atoms with Crippen LogP contribution >= 0.6 is 11.6 Å². The van der Waals surface area contributed by atoms with Crippen molar-refractivity contribution < 1.29 is 23.5 Å². The van der Waals surface area contributed by atoms with Gasteiger partial charge in [0, 0.05) is 5.69 Å². The van der Waals surface area contributed by atoms with Gasteiger partial charge < -0.3 is 15.4 Å². The van der Waals surface area contributed by atoms with Crippen molar-refractivity contribution in [1.82, 2.24) is 5.32 Å². The van der Waals surface area contributed by atoms with E-state index in [-0.39, 0.29) is 29.6 Å².